The third-order valence-corrected chi connectivity index (χ3v) is 9.19. The Morgan fingerprint density at radius 3 is 1.60 bits per heavy atom. The summed E-state index contributed by atoms with van der Waals surface area (Å²) in [4.78, 5) is 2.42. The van der Waals surface area contributed by atoms with Crippen molar-refractivity contribution in [3.05, 3.63) is 188 Å². The first-order chi connectivity index (χ1) is 23.8. The standard InChI is InChI=1S/C46H31NO/c1-3-14-32(15-4-1)37-26-38(33-16-5-2-6-17-33)29-40(28-37)47(44-30-34-18-7-9-22-41(34)42-23-10-11-24-43(42)44)39-21-13-20-35(27-39)46-31-36-19-8-12-25-45(36)48-46/h1-31H. The number of anilines is 3. The Hall–Kier alpha value is -6.38. The second-order valence-corrected chi connectivity index (χ2v) is 12.2. The monoisotopic (exact) mass is 613 g/mol. The Morgan fingerprint density at radius 2 is 0.896 bits per heavy atom. The van der Waals surface area contributed by atoms with Gasteiger partial charge >= 0.3 is 0 Å². The lowest BCUT2D eigenvalue weighted by Gasteiger charge is -2.29. The van der Waals surface area contributed by atoms with Gasteiger partial charge in [-0.15, -0.1) is 0 Å². The summed E-state index contributed by atoms with van der Waals surface area (Å²) in [6.45, 7) is 0. The van der Waals surface area contributed by atoms with Crippen LogP contribution in [-0.2, 0) is 0 Å². The highest BCUT2D eigenvalue weighted by atomic mass is 16.3. The maximum Gasteiger partial charge on any atom is 0.135 e. The highest BCUT2D eigenvalue weighted by Gasteiger charge is 2.20. The quantitative estimate of drug-likeness (QED) is 0.174. The zero-order valence-electron chi connectivity index (χ0n) is 26.3. The van der Waals surface area contributed by atoms with Crippen molar-refractivity contribution in [1.82, 2.24) is 0 Å². The number of para-hydroxylation sites is 1. The van der Waals surface area contributed by atoms with E-state index in [2.05, 4.69) is 181 Å². The molecule has 0 aliphatic carbocycles. The van der Waals surface area contributed by atoms with Gasteiger partial charge in [0, 0.05) is 27.7 Å². The summed E-state index contributed by atoms with van der Waals surface area (Å²) in [5, 5.41) is 5.96. The minimum Gasteiger partial charge on any atom is -0.456 e. The van der Waals surface area contributed by atoms with Gasteiger partial charge in [-0.05, 0) is 86.9 Å². The van der Waals surface area contributed by atoms with E-state index in [9.17, 15) is 0 Å². The van der Waals surface area contributed by atoms with Crippen molar-refractivity contribution in [3.8, 4) is 33.6 Å². The average molecular weight is 614 g/mol. The molecule has 0 atom stereocenters. The lowest BCUT2D eigenvalue weighted by atomic mass is 9.96. The number of hydrogen-bond acceptors (Lipinski definition) is 2. The van der Waals surface area contributed by atoms with Crippen LogP contribution in [0.4, 0.5) is 17.1 Å². The van der Waals surface area contributed by atoms with Crippen LogP contribution in [0.5, 0.6) is 0 Å². The number of nitrogens with zero attached hydrogens (tertiary/aromatic N) is 1. The second kappa shape index (κ2) is 11.8. The maximum atomic E-state index is 6.36. The molecule has 0 radical (unpaired) electrons. The first-order valence-corrected chi connectivity index (χ1v) is 16.3. The van der Waals surface area contributed by atoms with Gasteiger partial charge in [-0.1, -0.05) is 140 Å². The molecule has 48 heavy (non-hydrogen) atoms. The third-order valence-electron chi connectivity index (χ3n) is 9.19. The Bertz CT molecular complexity index is 2470. The largest absolute Gasteiger partial charge is 0.456 e. The van der Waals surface area contributed by atoms with E-state index in [1.54, 1.807) is 0 Å². The van der Waals surface area contributed by atoms with Crippen LogP contribution in [-0.4, -0.2) is 0 Å². The SMILES string of the molecule is c1ccc(-c2cc(-c3ccccc3)cc(N(c3cccc(-c4cc5ccccc5o4)c3)c3cc4ccccc4c4ccccc34)c2)cc1. The van der Waals surface area contributed by atoms with Crippen molar-refractivity contribution in [1.29, 1.82) is 0 Å². The van der Waals surface area contributed by atoms with Gasteiger partial charge in [0.15, 0.2) is 0 Å². The first-order valence-electron chi connectivity index (χ1n) is 16.3. The van der Waals surface area contributed by atoms with Gasteiger partial charge in [0.2, 0.25) is 0 Å². The highest BCUT2D eigenvalue weighted by Crippen LogP contribution is 2.45. The molecular weight excluding hydrogens is 583 g/mol. The van der Waals surface area contributed by atoms with E-state index in [0.29, 0.717) is 0 Å². The second-order valence-electron chi connectivity index (χ2n) is 12.2. The summed E-state index contributed by atoms with van der Waals surface area (Å²) < 4.78 is 6.36. The lowest BCUT2D eigenvalue weighted by molar-refractivity contribution is 0.631. The molecule has 226 valence electrons. The van der Waals surface area contributed by atoms with Gasteiger partial charge in [-0.3, -0.25) is 0 Å². The predicted molar refractivity (Wildman–Crippen MR) is 202 cm³/mol. The number of fused-ring (bicyclic) bond motifs is 4. The van der Waals surface area contributed by atoms with Gasteiger partial charge < -0.3 is 9.32 Å². The molecule has 2 nitrogen and oxygen atoms in total. The molecule has 9 rings (SSSR count). The van der Waals surface area contributed by atoms with Crippen LogP contribution < -0.4 is 4.90 Å². The van der Waals surface area contributed by atoms with Crippen molar-refractivity contribution in [2.45, 2.75) is 0 Å². The molecule has 0 unspecified atom stereocenters. The highest BCUT2D eigenvalue weighted by molar-refractivity contribution is 6.14. The molecule has 9 aromatic rings. The molecular formula is C46H31NO. The van der Waals surface area contributed by atoms with Gasteiger partial charge in [0.1, 0.15) is 11.3 Å². The number of rotatable bonds is 6. The summed E-state index contributed by atoms with van der Waals surface area (Å²) in [5.41, 5.74) is 9.85. The van der Waals surface area contributed by atoms with Crippen molar-refractivity contribution in [3.63, 3.8) is 0 Å². The molecule has 0 saturated carbocycles. The maximum absolute atomic E-state index is 6.36. The Labute approximate surface area is 279 Å². The van der Waals surface area contributed by atoms with E-state index in [0.717, 1.165) is 50.5 Å². The summed E-state index contributed by atoms with van der Waals surface area (Å²) >= 11 is 0. The zero-order chi connectivity index (χ0) is 31.9. The molecule has 0 fully saturated rings. The van der Waals surface area contributed by atoms with Crippen LogP contribution in [0.15, 0.2) is 192 Å². The molecule has 0 spiro atoms. The Balaban J connectivity index is 1.33. The number of benzene rings is 8. The van der Waals surface area contributed by atoms with Crippen LogP contribution in [0.2, 0.25) is 0 Å². The van der Waals surface area contributed by atoms with E-state index in [1.165, 1.54) is 32.7 Å². The summed E-state index contributed by atoms with van der Waals surface area (Å²) in [6.07, 6.45) is 0. The molecule has 0 aliphatic heterocycles. The number of furan rings is 1. The summed E-state index contributed by atoms with van der Waals surface area (Å²) in [5.74, 6) is 0.851. The van der Waals surface area contributed by atoms with Crippen molar-refractivity contribution >= 4 is 49.6 Å². The first kappa shape index (κ1) is 27.9. The lowest BCUT2D eigenvalue weighted by Crippen LogP contribution is -2.11. The normalized spacial score (nSPS) is 11.3. The van der Waals surface area contributed by atoms with Crippen molar-refractivity contribution < 1.29 is 4.42 Å². The van der Waals surface area contributed by atoms with Gasteiger partial charge in [-0.2, -0.15) is 0 Å². The molecule has 1 aromatic heterocycles. The topological polar surface area (TPSA) is 16.4 Å². The predicted octanol–water partition coefficient (Wildman–Crippen LogP) is 13.2. The van der Waals surface area contributed by atoms with Crippen LogP contribution in [0.25, 0.3) is 66.1 Å². The molecule has 0 aliphatic rings. The van der Waals surface area contributed by atoms with Gasteiger partial charge in [-0.25, -0.2) is 0 Å². The summed E-state index contributed by atoms with van der Waals surface area (Å²) in [7, 11) is 0. The zero-order valence-corrected chi connectivity index (χ0v) is 26.3. The molecule has 0 bridgehead atoms. The summed E-state index contributed by atoms with van der Waals surface area (Å²) in [6, 6.07) is 67.1. The van der Waals surface area contributed by atoms with Crippen molar-refractivity contribution in [2.75, 3.05) is 4.90 Å². The Kier molecular flexibility index (Phi) is 6.84. The molecule has 1 heterocycles. The van der Waals surface area contributed by atoms with E-state index < -0.39 is 0 Å². The molecule has 0 amide bonds. The van der Waals surface area contributed by atoms with Crippen LogP contribution in [0.1, 0.15) is 0 Å². The van der Waals surface area contributed by atoms with Crippen LogP contribution in [0, 0.1) is 0 Å². The number of hydrogen-bond donors (Lipinski definition) is 0. The van der Waals surface area contributed by atoms with Gasteiger partial charge in [0.05, 0.1) is 5.69 Å². The molecule has 2 heteroatoms. The molecule has 0 N–H and O–H groups in total. The molecule has 8 aromatic carbocycles. The van der Waals surface area contributed by atoms with Crippen LogP contribution in [0.3, 0.4) is 0 Å². The van der Waals surface area contributed by atoms with E-state index in [1.807, 2.05) is 12.1 Å². The van der Waals surface area contributed by atoms with E-state index in [-0.39, 0.29) is 0 Å². The Morgan fingerprint density at radius 1 is 0.333 bits per heavy atom. The van der Waals surface area contributed by atoms with Crippen molar-refractivity contribution in [2.24, 2.45) is 0 Å². The third kappa shape index (κ3) is 5.01. The fourth-order valence-corrected chi connectivity index (χ4v) is 6.90. The fourth-order valence-electron chi connectivity index (χ4n) is 6.90. The smallest absolute Gasteiger partial charge is 0.135 e. The molecule has 0 saturated heterocycles. The average Bonchev–Trinajstić information content (AvgIpc) is 3.61. The van der Waals surface area contributed by atoms with Gasteiger partial charge in [0.25, 0.3) is 0 Å². The minimum absolute atomic E-state index is 0.851. The fraction of sp³-hybridized carbons (Fsp3) is 0. The van der Waals surface area contributed by atoms with E-state index in [4.69, 9.17) is 4.42 Å². The van der Waals surface area contributed by atoms with E-state index >= 15 is 0 Å². The minimum atomic E-state index is 0.851. The van der Waals surface area contributed by atoms with Crippen LogP contribution >= 0.6 is 0 Å².